The maximum Gasteiger partial charge on any atom is 0.338 e. The Morgan fingerprint density at radius 1 is 1.23 bits per heavy atom. The number of rotatable bonds is 5. The van der Waals surface area contributed by atoms with Crippen LogP contribution in [0, 0.1) is 6.92 Å². The number of amides is 1. The van der Waals surface area contributed by atoms with Gasteiger partial charge in [-0.1, -0.05) is 18.2 Å². The highest BCUT2D eigenvalue weighted by Gasteiger charge is 2.36. The number of hydrazone groups is 1. The van der Waals surface area contributed by atoms with E-state index in [1.165, 1.54) is 11.3 Å². The van der Waals surface area contributed by atoms with Crippen LogP contribution in [0.1, 0.15) is 41.6 Å². The fourth-order valence-corrected chi connectivity index (χ4v) is 5.13. The summed E-state index contributed by atoms with van der Waals surface area (Å²) in [6.07, 6.45) is 1.60. The number of esters is 1. The molecule has 2 saturated heterocycles. The summed E-state index contributed by atoms with van der Waals surface area (Å²) in [6, 6.07) is 11.5. The summed E-state index contributed by atoms with van der Waals surface area (Å²) in [4.78, 5) is 29.2. The molecule has 3 aliphatic heterocycles. The van der Waals surface area contributed by atoms with Gasteiger partial charge in [0.25, 0.3) is 0 Å². The third-order valence-corrected chi connectivity index (χ3v) is 7.18. The standard InChI is InChI=1S/C25H30N6O4.2H2/c1-16-20(6-7-21-22(16)14-35-25(21)33)23-12-29-8-9-30(11-19(29)13-34-23)24(32)10-17-2-4-18(5-3-17)31(27)15-28-26;;/h2-7,15,19,23H,8-14,26-27H2,1H3;2*1H/b28-15-;;/t19-,23?;;/m0../s1. The molecule has 3 heterocycles. The second-order valence-electron chi connectivity index (χ2n) is 9.21. The maximum atomic E-state index is 13.0. The van der Waals surface area contributed by atoms with E-state index in [2.05, 4.69) is 10.0 Å². The molecule has 35 heavy (non-hydrogen) atoms. The molecular formula is C25H34N6O4. The summed E-state index contributed by atoms with van der Waals surface area (Å²) in [6.45, 7) is 5.84. The van der Waals surface area contributed by atoms with Gasteiger partial charge < -0.3 is 20.2 Å². The largest absolute Gasteiger partial charge is 0.457 e. The second kappa shape index (κ2) is 9.65. The number of carbonyl (C=O) groups is 2. The summed E-state index contributed by atoms with van der Waals surface area (Å²) in [5.74, 6) is 10.8. The van der Waals surface area contributed by atoms with Crippen LogP contribution < -0.4 is 16.7 Å². The van der Waals surface area contributed by atoms with E-state index in [4.69, 9.17) is 21.2 Å². The van der Waals surface area contributed by atoms with Crippen LogP contribution in [0.25, 0.3) is 0 Å². The molecule has 188 valence electrons. The van der Waals surface area contributed by atoms with Gasteiger partial charge in [-0.3, -0.25) is 14.7 Å². The molecule has 2 fully saturated rings. The number of carbonyl (C=O) groups excluding carboxylic acids is 2. The zero-order chi connectivity index (χ0) is 24.5. The van der Waals surface area contributed by atoms with Crippen molar-refractivity contribution in [2.24, 2.45) is 16.8 Å². The normalized spacial score (nSPS) is 22.1. The zero-order valence-electron chi connectivity index (χ0n) is 19.7. The highest BCUT2D eigenvalue weighted by Crippen LogP contribution is 2.33. The van der Waals surface area contributed by atoms with Crippen LogP contribution in [-0.4, -0.2) is 66.8 Å². The number of fused-ring (bicyclic) bond motifs is 2. The van der Waals surface area contributed by atoms with Gasteiger partial charge in [-0.15, -0.1) is 0 Å². The van der Waals surface area contributed by atoms with Gasteiger partial charge in [-0.2, -0.15) is 5.10 Å². The first-order valence-corrected chi connectivity index (χ1v) is 11.7. The molecule has 0 spiro atoms. The third kappa shape index (κ3) is 4.60. The van der Waals surface area contributed by atoms with Crippen molar-refractivity contribution in [3.63, 3.8) is 0 Å². The molecule has 2 aromatic carbocycles. The zero-order valence-corrected chi connectivity index (χ0v) is 19.7. The topological polar surface area (TPSA) is 127 Å². The van der Waals surface area contributed by atoms with Gasteiger partial charge in [0, 0.05) is 34.6 Å². The van der Waals surface area contributed by atoms with Crippen molar-refractivity contribution in [2.45, 2.75) is 32.1 Å². The molecule has 5 rings (SSSR count). The molecule has 10 nitrogen and oxygen atoms in total. The fourth-order valence-electron chi connectivity index (χ4n) is 5.13. The first-order valence-electron chi connectivity index (χ1n) is 11.7. The molecule has 2 atom stereocenters. The van der Waals surface area contributed by atoms with Crippen molar-refractivity contribution in [2.75, 3.05) is 37.8 Å². The van der Waals surface area contributed by atoms with E-state index in [0.29, 0.717) is 38.3 Å². The minimum atomic E-state index is -0.251. The summed E-state index contributed by atoms with van der Waals surface area (Å²) in [5, 5.41) is 4.72. The van der Waals surface area contributed by atoms with E-state index < -0.39 is 0 Å². The Morgan fingerprint density at radius 3 is 2.80 bits per heavy atom. The average molecular weight is 483 g/mol. The minimum absolute atomic E-state index is 0. The van der Waals surface area contributed by atoms with Gasteiger partial charge >= 0.3 is 5.97 Å². The molecular weight excluding hydrogens is 448 g/mol. The predicted molar refractivity (Wildman–Crippen MR) is 135 cm³/mol. The fraction of sp³-hybridized carbons (Fsp3) is 0.400. The number of ether oxygens (including phenoxy) is 2. The molecule has 0 saturated carbocycles. The second-order valence-corrected chi connectivity index (χ2v) is 9.21. The molecule has 0 aliphatic carbocycles. The third-order valence-electron chi connectivity index (χ3n) is 7.18. The Bertz CT molecular complexity index is 1160. The quantitative estimate of drug-likeness (QED) is 0.216. The lowest BCUT2D eigenvalue weighted by Gasteiger charge is -2.46. The smallest absolute Gasteiger partial charge is 0.338 e. The summed E-state index contributed by atoms with van der Waals surface area (Å²) < 4.78 is 11.5. The Kier molecular flexibility index (Phi) is 6.42. The lowest BCUT2D eigenvalue weighted by Crippen LogP contribution is -2.59. The lowest BCUT2D eigenvalue weighted by atomic mass is 9.94. The van der Waals surface area contributed by atoms with Gasteiger partial charge in [-0.05, 0) is 41.8 Å². The Hall–Kier alpha value is -3.47. The summed E-state index contributed by atoms with van der Waals surface area (Å²) in [7, 11) is 0. The Morgan fingerprint density at radius 2 is 2.03 bits per heavy atom. The number of anilines is 1. The van der Waals surface area contributed by atoms with Crippen molar-refractivity contribution in [3.8, 4) is 0 Å². The average Bonchev–Trinajstić information content (AvgIpc) is 3.25. The van der Waals surface area contributed by atoms with Gasteiger partial charge in [0.2, 0.25) is 5.91 Å². The van der Waals surface area contributed by atoms with E-state index in [-0.39, 0.29) is 26.9 Å². The highest BCUT2D eigenvalue weighted by molar-refractivity contribution is 5.94. The maximum absolute atomic E-state index is 13.0. The summed E-state index contributed by atoms with van der Waals surface area (Å²) in [5.41, 5.74) is 5.46. The first kappa shape index (κ1) is 23.3. The minimum Gasteiger partial charge on any atom is -0.457 e. The van der Waals surface area contributed by atoms with E-state index >= 15 is 0 Å². The van der Waals surface area contributed by atoms with Crippen molar-refractivity contribution in [1.82, 2.24) is 9.80 Å². The number of nitrogens with zero attached hydrogens (tertiary/aromatic N) is 4. The van der Waals surface area contributed by atoms with Crippen LogP contribution in [0.2, 0.25) is 0 Å². The molecule has 3 aliphatic rings. The van der Waals surface area contributed by atoms with Crippen molar-refractivity contribution in [3.05, 3.63) is 64.2 Å². The molecule has 0 radical (unpaired) electrons. The summed E-state index contributed by atoms with van der Waals surface area (Å²) >= 11 is 0. The van der Waals surface area contributed by atoms with Gasteiger partial charge in [0.1, 0.15) is 12.9 Å². The number of morpholine rings is 1. The number of cyclic esters (lactones) is 1. The van der Waals surface area contributed by atoms with Crippen LogP contribution in [0.5, 0.6) is 0 Å². The molecule has 4 N–H and O–H groups in total. The first-order chi connectivity index (χ1) is 16.9. The molecule has 1 unspecified atom stereocenters. The van der Waals surface area contributed by atoms with Gasteiger partial charge in [-0.25, -0.2) is 10.6 Å². The number of hydrogen-bond donors (Lipinski definition) is 2. The van der Waals surface area contributed by atoms with E-state index in [9.17, 15) is 9.59 Å². The van der Waals surface area contributed by atoms with Crippen molar-refractivity contribution in [1.29, 1.82) is 0 Å². The Labute approximate surface area is 207 Å². The molecule has 10 heteroatoms. The molecule has 1 amide bonds. The highest BCUT2D eigenvalue weighted by atomic mass is 16.5. The van der Waals surface area contributed by atoms with Gasteiger partial charge in [0.05, 0.1) is 36.4 Å². The molecule has 2 aromatic rings. The van der Waals surface area contributed by atoms with Crippen LogP contribution in [0.15, 0.2) is 41.5 Å². The number of nitrogens with two attached hydrogens (primary N) is 2. The number of hydrazine groups is 1. The molecule has 0 bridgehead atoms. The van der Waals surface area contributed by atoms with Crippen molar-refractivity contribution < 1.29 is 21.9 Å². The monoisotopic (exact) mass is 482 g/mol. The van der Waals surface area contributed by atoms with Gasteiger partial charge in [0.15, 0.2) is 0 Å². The Balaban J connectivity index is 0.00000190. The van der Waals surface area contributed by atoms with Crippen LogP contribution in [0.3, 0.4) is 0 Å². The van der Waals surface area contributed by atoms with Crippen LogP contribution in [-0.2, 0) is 27.3 Å². The van der Waals surface area contributed by atoms with Crippen LogP contribution in [0.4, 0.5) is 5.69 Å². The number of hydrogen-bond acceptors (Lipinski definition) is 8. The number of piperazine rings is 1. The predicted octanol–water partition coefficient (Wildman–Crippen LogP) is 1.57. The lowest BCUT2D eigenvalue weighted by molar-refractivity contribution is -0.139. The van der Waals surface area contributed by atoms with E-state index in [0.717, 1.165) is 41.0 Å². The SMILES string of the molecule is Cc1c(C2CN3CCN(C(=O)Cc4ccc(N(N)/C=N\N)cc4)C[C@H]3CO2)ccc2c1COC2=O.[HH].[HH]. The molecule has 0 aromatic heterocycles. The van der Waals surface area contributed by atoms with E-state index in [1.54, 1.807) is 0 Å². The van der Waals surface area contributed by atoms with Crippen molar-refractivity contribution >= 4 is 23.9 Å². The number of benzene rings is 2. The van der Waals surface area contributed by atoms with E-state index in [1.807, 2.05) is 48.2 Å². The van der Waals surface area contributed by atoms with Crippen LogP contribution >= 0.6 is 0 Å².